The Morgan fingerprint density at radius 2 is 1.92 bits per heavy atom. The van der Waals surface area contributed by atoms with Crippen molar-refractivity contribution in [3.63, 3.8) is 0 Å². The number of benzene rings is 1. The van der Waals surface area contributed by atoms with E-state index in [0.29, 0.717) is 40.9 Å². The number of pyridine rings is 1. The molecule has 0 unspecified atom stereocenters. The maximum Gasteiger partial charge on any atom is 0.243 e. The van der Waals surface area contributed by atoms with Crippen molar-refractivity contribution in [2.75, 3.05) is 13.1 Å². The van der Waals surface area contributed by atoms with Crippen molar-refractivity contribution in [1.82, 2.24) is 14.3 Å². The molecular formula is C18H17N3O3S. The lowest BCUT2D eigenvalue weighted by molar-refractivity contribution is 0.112. The number of aromatic amines is 1. The minimum absolute atomic E-state index is 0.219. The van der Waals surface area contributed by atoms with Crippen LogP contribution in [0.5, 0.6) is 0 Å². The quantitative estimate of drug-likeness (QED) is 0.730. The fraction of sp³-hybridized carbons (Fsp3) is 0.222. The summed E-state index contributed by atoms with van der Waals surface area (Å²) >= 11 is 0. The minimum Gasteiger partial charge on any atom is -0.353 e. The molecule has 1 aliphatic rings. The molecule has 1 saturated heterocycles. The molecule has 2 aromatic heterocycles. The summed E-state index contributed by atoms with van der Waals surface area (Å²) in [4.78, 5) is 19.4. The van der Waals surface area contributed by atoms with Gasteiger partial charge in [0.2, 0.25) is 10.0 Å². The Kier molecular flexibility index (Phi) is 3.89. The Morgan fingerprint density at radius 3 is 2.60 bits per heavy atom. The summed E-state index contributed by atoms with van der Waals surface area (Å²) in [6.07, 6.45) is 4.16. The van der Waals surface area contributed by atoms with E-state index in [0.717, 1.165) is 19.1 Å². The summed E-state index contributed by atoms with van der Waals surface area (Å²) < 4.78 is 27.0. The second-order valence-electron chi connectivity index (χ2n) is 6.07. The van der Waals surface area contributed by atoms with Gasteiger partial charge in [0, 0.05) is 35.8 Å². The Labute approximate surface area is 145 Å². The van der Waals surface area contributed by atoms with Crippen LogP contribution in [0.4, 0.5) is 0 Å². The van der Waals surface area contributed by atoms with E-state index in [4.69, 9.17) is 0 Å². The first-order valence-corrected chi connectivity index (χ1v) is 9.58. The van der Waals surface area contributed by atoms with Gasteiger partial charge >= 0.3 is 0 Å². The summed E-state index contributed by atoms with van der Waals surface area (Å²) in [7, 11) is -3.52. The van der Waals surface area contributed by atoms with Gasteiger partial charge in [-0.25, -0.2) is 8.42 Å². The number of fused-ring (bicyclic) bond motifs is 1. The lowest BCUT2D eigenvalue weighted by atomic mass is 10.1. The number of carbonyl (C=O) groups is 1. The number of H-pyrrole nitrogens is 1. The first-order chi connectivity index (χ1) is 12.1. The second-order valence-corrected chi connectivity index (χ2v) is 8.00. The summed E-state index contributed by atoms with van der Waals surface area (Å²) in [6, 6.07) is 10.3. The zero-order valence-corrected chi connectivity index (χ0v) is 14.3. The molecular weight excluding hydrogens is 338 g/mol. The molecule has 1 aromatic carbocycles. The summed E-state index contributed by atoms with van der Waals surface area (Å²) in [5, 5.41) is 0.593. The highest BCUT2D eigenvalue weighted by molar-refractivity contribution is 7.89. The van der Waals surface area contributed by atoms with E-state index < -0.39 is 10.0 Å². The van der Waals surface area contributed by atoms with E-state index in [2.05, 4.69) is 9.97 Å². The SMILES string of the molecule is O=Cc1c(-c2ccccn2)[nH]c2ccc(S(=O)(=O)N3CCCC3)cc12. The largest absolute Gasteiger partial charge is 0.353 e. The van der Waals surface area contributed by atoms with Crippen LogP contribution in [-0.2, 0) is 10.0 Å². The molecule has 3 aromatic rings. The van der Waals surface area contributed by atoms with Crippen molar-refractivity contribution >= 4 is 27.2 Å². The molecule has 128 valence electrons. The van der Waals surface area contributed by atoms with Crippen LogP contribution >= 0.6 is 0 Å². The molecule has 0 amide bonds. The van der Waals surface area contributed by atoms with Crippen LogP contribution in [0.3, 0.4) is 0 Å². The predicted octanol–water partition coefficient (Wildman–Crippen LogP) is 2.83. The molecule has 1 fully saturated rings. The molecule has 4 rings (SSSR count). The van der Waals surface area contributed by atoms with Crippen LogP contribution < -0.4 is 0 Å². The fourth-order valence-electron chi connectivity index (χ4n) is 3.26. The van der Waals surface area contributed by atoms with E-state index in [1.54, 1.807) is 36.5 Å². The third-order valence-electron chi connectivity index (χ3n) is 4.55. The maximum absolute atomic E-state index is 12.8. The molecule has 6 nitrogen and oxygen atoms in total. The number of rotatable bonds is 4. The molecule has 0 spiro atoms. The lowest BCUT2D eigenvalue weighted by Gasteiger charge is -2.15. The van der Waals surface area contributed by atoms with Gasteiger partial charge in [-0.15, -0.1) is 0 Å². The molecule has 0 saturated carbocycles. The van der Waals surface area contributed by atoms with E-state index in [9.17, 15) is 13.2 Å². The zero-order valence-electron chi connectivity index (χ0n) is 13.5. The second kappa shape index (κ2) is 6.09. The van der Waals surface area contributed by atoms with Gasteiger partial charge in [0.05, 0.1) is 16.3 Å². The topological polar surface area (TPSA) is 83.1 Å². The fourth-order valence-corrected chi connectivity index (χ4v) is 4.81. The number of nitrogens with one attached hydrogen (secondary N) is 1. The highest BCUT2D eigenvalue weighted by Gasteiger charge is 2.28. The third-order valence-corrected chi connectivity index (χ3v) is 6.45. The first kappa shape index (κ1) is 16.0. The van der Waals surface area contributed by atoms with Crippen molar-refractivity contribution in [3.05, 3.63) is 48.2 Å². The molecule has 0 radical (unpaired) electrons. The Bertz CT molecular complexity index is 1040. The molecule has 0 aliphatic carbocycles. The number of carbonyl (C=O) groups excluding carboxylic acids is 1. The maximum atomic E-state index is 12.8. The van der Waals surface area contributed by atoms with Gasteiger partial charge in [-0.2, -0.15) is 4.31 Å². The van der Waals surface area contributed by atoms with Crippen molar-refractivity contribution in [2.45, 2.75) is 17.7 Å². The monoisotopic (exact) mass is 355 g/mol. The van der Waals surface area contributed by atoms with Crippen LogP contribution in [0.15, 0.2) is 47.5 Å². The Balaban J connectivity index is 1.87. The van der Waals surface area contributed by atoms with Crippen LogP contribution in [0, 0.1) is 0 Å². The molecule has 3 heterocycles. The van der Waals surface area contributed by atoms with Crippen molar-refractivity contribution < 1.29 is 13.2 Å². The van der Waals surface area contributed by atoms with Gasteiger partial charge in [-0.3, -0.25) is 9.78 Å². The highest BCUT2D eigenvalue weighted by atomic mass is 32.2. The van der Waals surface area contributed by atoms with E-state index in [1.165, 1.54) is 4.31 Å². The number of sulfonamides is 1. The van der Waals surface area contributed by atoms with Gasteiger partial charge < -0.3 is 4.98 Å². The number of hydrogen-bond donors (Lipinski definition) is 1. The normalized spacial score (nSPS) is 15.7. The number of hydrogen-bond acceptors (Lipinski definition) is 4. The summed E-state index contributed by atoms with van der Waals surface area (Å²) in [5.74, 6) is 0. The van der Waals surface area contributed by atoms with E-state index in [1.807, 2.05) is 6.07 Å². The standard InChI is InChI=1S/C18H17N3O3S/c22-12-15-14-11-13(25(23,24)21-9-3-4-10-21)6-7-16(14)20-18(15)17-5-1-2-8-19-17/h1-2,5-8,11-12,20H,3-4,9-10H2. The highest BCUT2D eigenvalue weighted by Crippen LogP contribution is 2.31. The zero-order chi connectivity index (χ0) is 17.4. The average molecular weight is 355 g/mol. The Morgan fingerprint density at radius 1 is 1.12 bits per heavy atom. The number of aromatic nitrogens is 2. The number of aldehydes is 1. The molecule has 7 heteroatoms. The minimum atomic E-state index is -3.52. The molecule has 1 aliphatic heterocycles. The summed E-state index contributed by atoms with van der Waals surface area (Å²) in [5.41, 5.74) is 2.38. The van der Waals surface area contributed by atoms with Crippen LogP contribution in [0.25, 0.3) is 22.3 Å². The predicted molar refractivity (Wildman–Crippen MR) is 94.9 cm³/mol. The van der Waals surface area contributed by atoms with Gasteiger partial charge in [-0.05, 0) is 43.2 Å². The van der Waals surface area contributed by atoms with Crippen LogP contribution in [0.1, 0.15) is 23.2 Å². The van der Waals surface area contributed by atoms with Crippen molar-refractivity contribution in [3.8, 4) is 11.4 Å². The smallest absolute Gasteiger partial charge is 0.243 e. The first-order valence-electron chi connectivity index (χ1n) is 8.14. The average Bonchev–Trinajstić information content (AvgIpc) is 3.29. The molecule has 0 atom stereocenters. The van der Waals surface area contributed by atoms with Gasteiger partial charge in [0.25, 0.3) is 0 Å². The van der Waals surface area contributed by atoms with E-state index in [-0.39, 0.29) is 4.90 Å². The number of nitrogens with zero attached hydrogens (tertiary/aromatic N) is 2. The van der Waals surface area contributed by atoms with Gasteiger partial charge in [0.1, 0.15) is 0 Å². The molecule has 25 heavy (non-hydrogen) atoms. The van der Waals surface area contributed by atoms with E-state index >= 15 is 0 Å². The lowest BCUT2D eigenvalue weighted by Crippen LogP contribution is -2.27. The van der Waals surface area contributed by atoms with Crippen molar-refractivity contribution in [1.29, 1.82) is 0 Å². The Hall–Kier alpha value is -2.51. The van der Waals surface area contributed by atoms with Gasteiger partial charge in [0.15, 0.2) is 6.29 Å². The third kappa shape index (κ3) is 2.65. The van der Waals surface area contributed by atoms with Crippen LogP contribution in [0.2, 0.25) is 0 Å². The summed E-state index contributed by atoms with van der Waals surface area (Å²) in [6.45, 7) is 1.10. The van der Waals surface area contributed by atoms with Crippen LogP contribution in [-0.4, -0.2) is 42.1 Å². The van der Waals surface area contributed by atoms with Crippen molar-refractivity contribution in [2.24, 2.45) is 0 Å². The molecule has 1 N–H and O–H groups in total. The van der Waals surface area contributed by atoms with Gasteiger partial charge in [-0.1, -0.05) is 6.07 Å². The molecule has 0 bridgehead atoms.